The van der Waals surface area contributed by atoms with Crippen LogP contribution in [0.5, 0.6) is 11.5 Å². The molecule has 28 heavy (non-hydrogen) atoms. The van der Waals surface area contributed by atoms with Crippen molar-refractivity contribution in [3.05, 3.63) is 62.8 Å². The standard InChI is InChI=1S/C22H21Cl2NO3/c23-17-7-5-14(11-18(17)24)12-20-21(27)15-6-8-19(26)16(22(15)28-20)13-25-9-3-1-2-4-10-25/h5-8,11-12,26H,1-4,9-10,13H2/b20-12-. The number of ether oxygens (including phenoxy) is 1. The zero-order valence-corrected chi connectivity index (χ0v) is 16.9. The van der Waals surface area contributed by atoms with E-state index in [9.17, 15) is 9.90 Å². The third-order valence-electron chi connectivity index (χ3n) is 5.24. The van der Waals surface area contributed by atoms with Crippen LogP contribution in [0, 0.1) is 0 Å². The molecule has 2 aliphatic rings. The number of phenolic OH excluding ortho intramolecular Hbond substituents is 1. The molecular weight excluding hydrogens is 397 g/mol. The summed E-state index contributed by atoms with van der Waals surface area (Å²) in [6, 6.07) is 8.34. The minimum atomic E-state index is -0.196. The van der Waals surface area contributed by atoms with Crippen LogP contribution in [0.1, 0.15) is 47.2 Å². The van der Waals surface area contributed by atoms with Gasteiger partial charge in [0.1, 0.15) is 11.5 Å². The number of likely N-dealkylation sites (tertiary alicyclic amines) is 1. The summed E-state index contributed by atoms with van der Waals surface area (Å²) in [4.78, 5) is 15.1. The van der Waals surface area contributed by atoms with E-state index in [1.54, 1.807) is 36.4 Å². The van der Waals surface area contributed by atoms with Crippen molar-refractivity contribution in [3.8, 4) is 11.5 Å². The van der Waals surface area contributed by atoms with E-state index in [0.717, 1.165) is 31.5 Å². The average Bonchev–Trinajstić information content (AvgIpc) is 2.85. The van der Waals surface area contributed by atoms with Crippen molar-refractivity contribution in [1.82, 2.24) is 4.90 Å². The lowest BCUT2D eigenvalue weighted by Gasteiger charge is -2.21. The highest BCUT2D eigenvalue weighted by atomic mass is 35.5. The van der Waals surface area contributed by atoms with Crippen molar-refractivity contribution in [1.29, 1.82) is 0 Å². The lowest BCUT2D eigenvalue weighted by molar-refractivity contribution is 0.101. The van der Waals surface area contributed by atoms with Gasteiger partial charge in [-0.25, -0.2) is 0 Å². The van der Waals surface area contributed by atoms with E-state index in [1.807, 2.05) is 0 Å². The first kappa shape index (κ1) is 19.3. The zero-order chi connectivity index (χ0) is 19.7. The minimum Gasteiger partial charge on any atom is -0.507 e. The molecule has 146 valence electrons. The topological polar surface area (TPSA) is 49.8 Å². The second kappa shape index (κ2) is 8.16. The molecule has 1 fully saturated rings. The van der Waals surface area contributed by atoms with Gasteiger partial charge in [-0.2, -0.15) is 0 Å². The van der Waals surface area contributed by atoms with E-state index in [0.29, 0.717) is 33.5 Å². The van der Waals surface area contributed by atoms with E-state index < -0.39 is 0 Å². The first-order chi connectivity index (χ1) is 13.5. The van der Waals surface area contributed by atoms with Crippen LogP contribution in [0.3, 0.4) is 0 Å². The lowest BCUT2D eigenvalue weighted by atomic mass is 10.0. The molecule has 2 heterocycles. The number of hydrogen-bond acceptors (Lipinski definition) is 4. The smallest absolute Gasteiger partial charge is 0.231 e. The normalized spacial score (nSPS) is 18.8. The van der Waals surface area contributed by atoms with Gasteiger partial charge in [-0.05, 0) is 61.8 Å². The number of benzene rings is 2. The van der Waals surface area contributed by atoms with E-state index in [4.69, 9.17) is 27.9 Å². The number of halogens is 2. The maximum Gasteiger partial charge on any atom is 0.231 e. The second-order valence-electron chi connectivity index (χ2n) is 7.24. The zero-order valence-electron chi connectivity index (χ0n) is 15.4. The third kappa shape index (κ3) is 3.90. The SMILES string of the molecule is O=C1/C(=C/c2ccc(Cl)c(Cl)c2)Oc2c1ccc(O)c2CN1CCCCCC1. The first-order valence-corrected chi connectivity index (χ1v) is 10.2. The van der Waals surface area contributed by atoms with Crippen molar-refractivity contribution in [2.75, 3.05) is 13.1 Å². The van der Waals surface area contributed by atoms with Gasteiger partial charge in [0, 0.05) is 6.54 Å². The van der Waals surface area contributed by atoms with Gasteiger partial charge in [-0.15, -0.1) is 0 Å². The van der Waals surface area contributed by atoms with Gasteiger partial charge in [-0.1, -0.05) is 42.1 Å². The highest BCUT2D eigenvalue weighted by Crippen LogP contribution is 2.40. The van der Waals surface area contributed by atoms with Gasteiger partial charge >= 0.3 is 0 Å². The molecule has 6 heteroatoms. The molecule has 0 saturated carbocycles. The summed E-state index contributed by atoms with van der Waals surface area (Å²) in [5.41, 5.74) is 1.88. The molecule has 0 aliphatic carbocycles. The molecule has 4 nitrogen and oxygen atoms in total. The summed E-state index contributed by atoms with van der Waals surface area (Å²) in [6.07, 6.45) is 6.43. The van der Waals surface area contributed by atoms with E-state index in [-0.39, 0.29) is 17.3 Å². The lowest BCUT2D eigenvalue weighted by Crippen LogP contribution is -2.24. The molecule has 0 radical (unpaired) electrons. The molecule has 0 atom stereocenters. The molecule has 0 aromatic heterocycles. The van der Waals surface area contributed by atoms with Crippen LogP contribution >= 0.6 is 23.2 Å². The molecule has 1 N–H and O–H groups in total. The van der Waals surface area contributed by atoms with Crippen molar-refractivity contribution in [3.63, 3.8) is 0 Å². The molecule has 2 aromatic rings. The summed E-state index contributed by atoms with van der Waals surface area (Å²) in [7, 11) is 0. The van der Waals surface area contributed by atoms with Crippen LogP contribution in [-0.4, -0.2) is 28.9 Å². The number of hydrogen-bond donors (Lipinski definition) is 1. The van der Waals surface area contributed by atoms with Crippen LogP contribution in [0.15, 0.2) is 36.1 Å². The summed E-state index contributed by atoms with van der Waals surface area (Å²) in [5.74, 6) is 0.640. The number of rotatable bonds is 3. The number of carbonyl (C=O) groups is 1. The average molecular weight is 418 g/mol. The molecule has 2 aromatic carbocycles. The van der Waals surface area contributed by atoms with Crippen molar-refractivity contribution < 1.29 is 14.6 Å². The van der Waals surface area contributed by atoms with Crippen LogP contribution < -0.4 is 4.74 Å². The summed E-state index contributed by atoms with van der Waals surface area (Å²) < 4.78 is 5.93. The fourth-order valence-corrected chi connectivity index (χ4v) is 4.03. The quantitative estimate of drug-likeness (QED) is 0.651. The van der Waals surface area contributed by atoms with Crippen LogP contribution in [-0.2, 0) is 6.54 Å². The Morgan fingerprint density at radius 3 is 2.50 bits per heavy atom. The van der Waals surface area contributed by atoms with Crippen molar-refractivity contribution in [2.45, 2.75) is 32.2 Å². The fourth-order valence-electron chi connectivity index (χ4n) is 3.72. The highest BCUT2D eigenvalue weighted by Gasteiger charge is 2.31. The monoisotopic (exact) mass is 417 g/mol. The molecule has 4 rings (SSSR count). The van der Waals surface area contributed by atoms with Gasteiger partial charge in [0.2, 0.25) is 5.78 Å². The Bertz CT molecular complexity index is 947. The number of phenols is 1. The van der Waals surface area contributed by atoms with Crippen molar-refractivity contribution in [2.24, 2.45) is 0 Å². The maximum absolute atomic E-state index is 12.8. The van der Waals surface area contributed by atoms with E-state index in [1.165, 1.54) is 12.8 Å². The molecule has 0 bridgehead atoms. The predicted molar refractivity (Wildman–Crippen MR) is 111 cm³/mol. The largest absolute Gasteiger partial charge is 0.507 e. The van der Waals surface area contributed by atoms with Crippen LogP contribution in [0.4, 0.5) is 0 Å². The summed E-state index contributed by atoms with van der Waals surface area (Å²) in [5, 5.41) is 11.3. The predicted octanol–water partition coefficient (Wildman–Crippen LogP) is 5.69. The minimum absolute atomic E-state index is 0.159. The van der Waals surface area contributed by atoms with Crippen LogP contribution in [0.25, 0.3) is 6.08 Å². The fraction of sp³-hybridized carbons (Fsp3) is 0.318. The molecule has 0 amide bonds. The summed E-state index contributed by atoms with van der Waals surface area (Å²) >= 11 is 12.0. The number of carbonyl (C=O) groups excluding carboxylic acids is 1. The molecule has 0 spiro atoms. The summed E-state index contributed by atoms with van der Waals surface area (Å²) in [6.45, 7) is 2.55. The Balaban J connectivity index is 1.64. The Hall–Kier alpha value is -2.01. The van der Waals surface area contributed by atoms with Gasteiger partial charge < -0.3 is 9.84 Å². The number of nitrogens with zero attached hydrogens (tertiary/aromatic N) is 1. The van der Waals surface area contributed by atoms with Gasteiger partial charge in [0.25, 0.3) is 0 Å². The van der Waals surface area contributed by atoms with E-state index >= 15 is 0 Å². The molecular formula is C22H21Cl2NO3. The Morgan fingerprint density at radius 1 is 1.04 bits per heavy atom. The Morgan fingerprint density at radius 2 is 1.79 bits per heavy atom. The molecule has 2 aliphatic heterocycles. The van der Waals surface area contributed by atoms with E-state index in [2.05, 4.69) is 4.90 Å². The molecule has 0 unspecified atom stereocenters. The third-order valence-corrected chi connectivity index (χ3v) is 5.98. The Labute approximate surface area is 174 Å². The number of aromatic hydroxyl groups is 1. The van der Waals surface area contributed by atoms with Crippen LogP contribution in [0.2, 0.25) is 10.0 Å². The highest BCUT2D eigenvalue weighted by molar-refractivity contribution is 6.42. The van der Waals surface area contributed by atoms with Crippen molar-refractivity contribution >= 4 is 35.1 Å². The second-order valence-corrected chi connectivity index (χ2v) is 8.06. The maximum atomic E-state index is 12.8. The van der Waals surface area contributed by atoms with Gasteiger partial charge in [-0.3, -0.25) is 9.69 Å². The van der Waals surface area contributed by atoms with Gasteiger partial charge in [0.15, 0.2) is 5.76 Å². The van der Waals surface area contributed by atoms with Gasteiger partial charge in [0.05, 0.1) is 21.2 Å². The number of allylic oxidation sites excluding steroid dienone is 1. The Kier molecular flexibility index (Phi) is 5.63. The first-order valence-electron chi connectivity index (χ1n) is 9.49. The number of fused-ring (bicyclic) bond motifs is 1. The number of Topliss-reactive ketones (excluding diaryl/α,β-unsaturated/α-hetero) is 1. The molecule has 1 saturated heterocycles. The number of ketones is 1.